The van der Waals surface area contributed by atoms with Crippen LogP contribution in [0.4, 0.5) is 5.82 Å². The molecule has 1 N–H and O–H groups in total. The Balaban J connectivity index is 1.96. The van der Waals surface area contributed by atoms with E-state index in [1.807, 2.05) is 34.9 Å². The van der Waals surface area contributed by atoms with Crippen LogP contribution in [0.5, 0.6) is 0 Å². The van der Waals surface area contributed by atoms with Crippen molar-refractivity contribution in [3.63, 3.8) is 0 Å². The molecule has 1 aromatic rings. The summed E-state index contributed by atoms with van der Waals surface area (Å²) in [4.78, 5) is 22.3. The summed E-state index contributed by atoms with van der Waals surface area (Å²) in [5.74, 6) is 2.16. The second-order valence-electron chi connectivity index (χ2n) is 6.23. The second kappa shape index (κ2) is 5.78. The van der Waals surface area contributed by atoms with Crippen LogP contribution in [0.3, 0.4) is 0 Å². The van der Waals surface area contributed by atoms with Crippen molar-refractivity contribution in [2.24, 2.45) is 0 Å². The quantitative estimate of drug-likeness (QED) is 0.802. The fraction of sp³-hybridized carbons (Fsp3) is 0.389. The van der Waals surface area contributed by atoms with Crippen LogP contribution < -0.4 is 11.0 Å². The predicted molar refractivity (Wildman–Crippen MR) is 94.3 cm³/mol. The molecule has 6 nitrogen and oxygen atoms in total. The molecule has 0 amide bonds. The number of nitrogens with zero attached hydrogens (tertiary/aromatic N) is 4. The van der Waals surface area contributed by atoms with Gasteiger partial charge < -0.3 is 5.32 Å². The van der Waals surface area contributed by atoms with Crippen molar-refractivity contribution in [1.82, 2.24) is 19.1 Å². The van der Waals surface area contributed by atoms with Gasteiger partial charge in [-0.05, 0) is 12.8 Å². The standard InChI is InChI=1S/C18H21N5O/c1-3-10-22-17-14(16-19-13(4-2)11-23(16)18(22)24)20-15(21-17)12-8-6-5-7-9-12/h5-9,13,19H,3-4,10-11H2,1-2H3. The zero-order chi connectivity index (χ0) is 16.7. The highest BCUT2D eigenvalue weighted by Crippen LogP contribution is 2.33. The van der Waals surface area contributed by atoms with E-state index in [2.05, 4.69) is 24.1 Å². The molecule has 4 rings (SSSR count). The molecule has 3 heterocycles. The maximum absolute atomic E-state index is 12.9. The lowest BCUT2D eigenvalue weighted by atomic mass is 10.2. The molecule has 0 fully saturated rings. The summed E-state index contributed by atoms with van der Waals surface area (Å²) < 4.78 is 3.58. The molecular formula is C18H21N5O. The molecule has 1 atom stereocenters. The predicted octanol–water partition coefficient (Wildman–Crippen LogP) is 2.83. The number of hydrogen-bond acceptors (Lipinski definition) is 4. The normalized spacial score (nSPS) is 16.3. The van der Waals surface area contributed by atoms with Gasteiger partial charge in [0.2, 0.25) is 0 Å². The van der Waals surface area contributed by atoms with Crippen molar-refractivity contribution >= 4 is 5.82 Å². The summed E-state index contributed by atoms with van der Waals surface area (Å²) in [7, 11) is 0. The van der Waals surface area contributed by atoms with Crippen LogP contribution in [0.1, 0.15) is 26.7 Å². The Labute approximate surface area is 140 Å². The summed E-state index contributed by atoms with van der Waals surface area (Å²) in [5.41, 5.74) is 1.76. The average molecular weight is 323 g/mol. The summed E-state index contributed by atoms with van der Waals surface area (Å²) in [5, 5.41) is 3.45. The zero-order valence-electron chi connectivity index (χ0n) is 14.0. The van der Waals surface area contributed by atoms with E-state index in [1.165, 1.54) is 0 Å². The molecule has 1 aromatic carbocycles. The van der Waals surface area contributed by atoms with E-state index in [-0.39, 0.29) is 11.7 Å². The van der Waals surface area contributed by atoms with Gasteiger partial charge in [-0.25, -0.2) is 14.8 Å². The van der Waals surface area contributed by atoms with Crippen LogP contribution in [0, 0.1) is 0 Å². The largest absolute Gasteiger partial charge is 0.365 e. The van der Waals surface area contributed by atoms with Gasteiger partial charge in [0.25, 0.3) is 0 Å². The fourth-order valence-corrected chi connectivity index (χ4v) is 3.29. The Morgan fingerprint density at radius 3 is 2.71 bits per heavy atom. The summed E-state index contributed by atoms with van der Waals surface area (Å²) in [6.45, 7) is 5.53. The van der Waals surface area contributed by atoms with E-state index in [1.54, 1.807) is 4.57 Å². The molecule has 0 radical (unpaired) electrons. The molecule has 6 heteroatoms. The van der Waals surface area contributed by atoms with E-state index >= 15 is 0 Å². The van der Waals surface area contributed by atoms with Crippen LogP contribution in [-0.2, 0) is 13.1 Å². The third kappa shape index (κ3) is 2.21. The van der Waals surface area contributed by atoms with E-state index in [0.29, 0.717) is 24.7 Å². The second-order valence-corrected chi connectivity index (χ2v) is 6.23. The van der Waals surface area contributed by atoms with E-state index in [9.17, 15) is 4.79 Å². The summed E-state index contributed by atoms with van der Waals surface area (Å²) in [6.07, 6.45) is 1.85. The zero-order valence-corrected chi connectivity index (χ0v) is 14.0. The first kappa shape index (κ1) is 14.9. The summed E-state index contributed by atoms with van der Waals surface area (Å²) >= 11 is 0. The Bertz CT molecular complexity index is 896. The van der Waals surface area contributed by atoms with Crippen molar-refractivity contribution in [3.05, 3.63) is 40.8 Å². The fourth-order valence-electron chi connectivity index (χ4n) is 3.29. The molecule has 0 aromatic heterocycles. The lowest BCUT2D eigenvalue weighted by molar-refractivity contribution is 0.556. The number of benzene rings is 1. The minimum Gasteiger partial charge on any atom is -0.365 e. The van der Waals surface area contributed by atoms with Gasteiger partial charge in [-0.2, -0.15) is 0 Å². The van der Waals surface area contributed by atoms with E-state index in [4.69, 9.17) is 4.98 Å². The maximum Gasteiger partial charge on any atom is 0.331 e. The first-order chi connectivity index (χ1) is 11.7. The molecular weight excluding hydrogens is 302 g/mol. The summed E-state index contributed by atoms with van der Waals surface area (Å²) in [6, 6.07) is 10.2. The highest BCUT2D eigenvalue weighted by molar-refractivity contribution is 5.74. The number of imidazole rings is 1. The Kier molecular flexibility index (Phi) is 3.59. The Hall–Kier alpha value is -2.63. The van der Waals surface area contributed by atoms with Crippen LogP contribution in [0.15, 0.2) is 35.1 Å². The van der Waals surface area contributed by atoms with Gasteiger partial charge in [0.15, 0.2) is 11.6 Å². The van der Waals surface area contributed by atoms with Crippen molar-refractivity contribution in [2.75, 3.05) is 5.32 Å². The highest BCUT2D eigenvalue weighted by atomic mass is 16.1. The van der Waals surface area contributed by atoms with Gasteiger partial charge in [0.1, 0.15) is 11.5 Å². The number of anilines is 1. The molecule has 3 aliphatic rings. The molecule has 24 heavy (non-hydrogen) atoms. The SMILES string of the molecule is CCCn1c2nc(-c3ccccc3)nc-2c2n(c1=O)CC(CC)N2. The molecule has 124 valence electrons. The highest BCUT2D eigenvalue weighted by Gasteiger charge is 2.30. The minimum atomic E-state index is 0.00214. The van der Waals surface area contributed by atoms with Crippen molar-refractivity contribution in [3.8, 4) is 22.9 Å². The van der Waals surface area contributed by atoms with Gasteiger partial charge in [-0.3, -0.25) is 9.13 Å². The topological polar surface area (TPSA) is 64.7 Å². The van der Waals surface area contributed by atoms with Crippen molar-refractivity contribution in [1.29, 1.82) is 0 Å². The van der Waals surface area contributed by atoms with E-state index < -0.39 is 0 Å². The molecule has 1 unspecified atom stereocenters. The third-order valence-electron chi connectivity index (χ3n) is 4.57. The molecule has 3 aliphatic heterocycles. The number of fused-ring (bicyclic) bond motifs is 3. The van der Waals surface area contributed by atoms with E-state index in [0.717, 1.165) is 29.9 Å². The number of rotatable bonds is 4. The number of nitrogens with one attached hydrogen (secondary N) is 1. The lowest BCUT2D eigenvalue weighted by Gasteiger charge is -2.13. The Morgan fingerprint density at radius 1 is 1.21 bits per heavy atom. The van der Waals surface area contributed by atoms with Gasteiger partial charge >= 0.3 is 5.69 Å². The maximum atomic E-state index is 12.9. The Morgan fingerprint density at radius 2 is 2.00 bits per heavy atom. The lowest BCUT2D eigenvalue weighted by Crippen LogP contribution is -2.32. The van der Waals surface area contributed by atoms with Gasteiger partial charge in [0, 0.05) is 24.7 Å². The van der Waals surface area contributed by atoms with Crippen LogP contribution >= 0.6 is 0 Å². The minimum absolute atomic E-state index is 0.00214. The average Bonchev–Trinajstić information content (AvgIpc) is 3.23. The molecule has 0 saturated carbocycles. The molecule has 0 saturated heterocycles. The molecule has 0 aliphatic carbocycles. The van der Waals surface area contributed by atoms with Crippen LogP contribution in [-0.4, -0.2) is 25.1 Å². The first-order valence-electron chi connectivity index (χ1n) is 8.56. The number of aromatic nitrogens is 4. The smallest absolute Gasteiger partial charge is 0.331 e. The monoisotopic (exact) mass is 323 g/mol. The van der Waals surface area contributed by atoms with Gasteiger partial charge in [-0.1, -0.05) is 44.2 Å². The first-order valence-corrected chi connectivity index (χ1v) is 8.56. The third-order valence-corrected chi connectivity index (χ3v) is 4.57. The van der Waals surface area contributed by atoms with Crippen molar-refractivity contribution in [2.45, 2.75) is 45.8 Å². The number of hydrogen-bond donors (Lipinski definition) is 1. The van der Waals surface area contributed by atoms with Crippen molar-refractivity contribution < 1.29 is 0 Å². The van der Waals surface area contributed by atoms with Gasteiger partial charge in [-0.15, -0.1) is 0 Å². The van der Waals surface area contributed by atoms with Gasteiger partial charge in [0.05, 0.1) is 0 Å². The van der Waals surface area contributed by atoms with Crippen LogP contribution in [0.2, 0.25) is 0 Å². The molecule has 0 bridgehead atoms. The molecule has 0 spiro atoms. The van der Waals surface area contributed by atoms with Crippen LogP contribution in [0.25, 0.3) is 22.9 Å².